The first kappa shape index (κ1) is 19.9. The van der Waals surface area contributed by atoms with Gasteiger partial charge in [-0.05, 0) is 6.42 Å². The lowest BCUT2D eigenvalue weighted by Crippen LogP contribution is -2.61. The van der Waals surface area contributed by atoms with Crippen molar-refractivity contribution in [1.82, 2.24) is 0 Å². The van der Waals surface area contributed by atoms with Crippen molar-refractivity contribution in [3.8, 4) is 0 Å². The minimum absolute atomic E-state index is 0.0820. The van der Waals surface area contributed by atoms with E-state index < -0.39 is 74.3 Å². The highest BCUT2D eigenvalue weighted by Gasteiger charge is 2.49. The summed E-state index contributed by atoms with van der Waals surface area (Å²) in [6, 6.07) is 0. The molecule has 10 nitrogen and oxygen atoms in total. The molecule has 0 spiro atoms. The minimum Gasteiger partial charge on any atom is -0.394 e. The van der Waals surface area contributed by atoms with Crippen molar-refractivity contribution in [2.75, 3.05) is 20.3 Å². The fraction of sp³-hybridized carbons (Fsp3) is 1.00. The van der Waals surface area contributed by atoms with Crippen molar-refractivity contribution in [3.63, 3.8) is 0 Å². The summed E-state index contributed by atoms with van der Waals surface area (Å²) in [6.07, 6.45) is -11.4. The van der Waals surface area contributed by atoms with Gasteiger partial charge < -0.3 is 50.0 Å². The molecule has 2 rings (SSSR count). The number of ether oxygens (including phenoxy) is 3. The fourth-order valence-corrected chi connectivity index (χ4v) is 3.29. The molecule has 0 unspecified atom stereocenters. The molecular formula is C14H26O10. The zero-order valence-electron chi connectivity index (χ0n) is 13.3. The van der Waals surface area contributed by atoms with E-state index in [2.05, 4.69) is 0 Å². The molecule has 0 saturated carbocycles. The van der Waals surface area contributed by atoms with Crippen molar-refractivity contribution in [2.45, 2.75) is 61.5 Å². The van der Waals surface area contributed by atoms with Gasteiger partial charge in [-0.3, -0.25) is 0 Å². The lowest BCUT2D eigenvalue weighted by atomic mass is 9.81. The molecule has 0 radical (unpaired) electrons. The summed E-state index contributed by atoms with van der Waals surface area (Å²) in [5, 5.41) is 68.6. The predicted molar refractivity (Wildman–Crippen MR) is 76.6 cm³/mol. The number of hydrogen-bond donors (Lipinski definition) is 7. The van der Waals surface area contributed by atoms with E-state index >= 15 is 0 Å². The molecule has 0 aliphatic carbocycles. The average Bonchev–Trinajstić information content (AvgIpc) is 2.59. The van der Waals surface area contributed by atoms with Gasteiger partial charge >= 0.3 is 0 Å². The van der Waals surface area contributed by atoms with Gasteiger partial charge in [-0.1, -0.05) is 0 Å². The third kappa shape index (κ3) is 3.73. The van der Waals surface area contributed by atoms with E-state index in [9.17, 15) is 35.7 Å². The van der Waals surface area contributed by atoms with Crippen LogP contribution in [-0.2, 0) is 14.2 Å². The highest BCUT2D eigenvalue weighted by atomic mass is 16.7. The SMILES string of the molecule is CO[C@H]1O[C@H](CO)[C@@H](C[C@H]2O[C@H](CO)[C@@H](O)[C@H](O)[C@H]2O)[C@H](O)[C@H]1O. The summed E-state index contributed by atoms with van der Waals surface area (Å²) in [5.74, 6) is -0.821. The van der Waals surface area contributed by atoms with Crippen LogP contribution in [0.2, 0.25) is 0 Å². The van der Waals surface area contributed by atoms with E-state index in [0.717, 1.165) is 0 Å². The van der Waals surface area contributed by atoms with E-state index in [1.165, 1.54) is 7.11 Å². The molecule has 7 N–H and O–H groups in total. The summed E-state index contributed by atoms with van der Waals surface area (Å²) in [5.41, 5.74) is 0. The van der Waals surface area contributed by atoms with Gasteiger partial charge in [0.2, 0.25) is 0 Å². The van der Waals surface area contributed by atoms with Gasteiger partial charge in [-0.2, -0.15) is 0 Å². The van der Waals surface area contributed by atoms with Gasteiger partial charge in [0, 0.05) is 13.0 Å². The Bertz CT molecular complexity index is 392. The van der Waals surface area contributed by atoms with E-state index in [1.807, 2.05) is 0 Å². The Labute approximate surface area is 138 Å². The molecule has 2 aliphatic heterocycles. The summed E-state index contributed by atoms with van der Waals surface area (Å²) >= 11 is 0. The van der Waals surface area contributed by atoms with Gasteiger partial charge in [0.1, 0.15) is 30.5 Å². The predicted octanol–water partition coefficient (Wildman–Crippen LogP) is -4.08. The van der Waals surface area contributed by atoms with Crippen LogP contribution in [0.3, 0.4) is 0 Å². The lowest BCUT2D eigenvalue weighted by molar-refractivity contribution is -0.293. The van der Waals surface area contributed by atoms with Gasteiger partial charge in [0.15, 0.2) is 6.29 Å². The smallest absolute Gasteiger partial charge is 0.186 e. The quantitative estimate of drug-likeness (QED) is 0.258. The molecule has 0 aromatic heterocycles. The van der Waals surface area contributed by atoms with Crippen LogP contribution < -0.4 is 0 Å². The molecule has 0 amide bonds. The van der Waals surface area contributed by atoms with Crippen LogP contribution in [-0.4, -0.2) is 111 Å². The maximum absolute atomic E-state index is 10.3. The lowest BCUT2D eigenvalue weighted by Gasteiger charge is -2.45. The summed E-state index contributed by atoms with van der Waals surface area (Å²) in [7, 11) is 1.28. The standard InChI is InChI=1S/C14H26O10/c1-22-14-13(21)9(17)5(7(3-15)24-14)2-6-10(18)12(20)11(19)8(4-16)23-6/h5-21H,2-4H2,1H3/t5-,6-,7-,8-,9+,10+,11-,12-,13-,14+/m1/s1. The van der Waals surface area contributed by atoms with Crippen LogP contribution in [0.25, 0.3) is 0 Å². The largest absolute Gasteiger partial charge is 0.394 e. The Morgan fingerprint density at radius 2 is 1.29 bits per heavy atom. The average molecular weight is 354 g/mol. The summed E-state index contributed by atoms with van der Waals surface area (Å²) in [6.45, 7) is -1.03. The maximum Gasteiger partial charge on any atom is 0.186 e. The first-order valence-corrected chi connectivity index (χ1v) is 7.81. The minimum atomic E-state index is -1.54. The molecule has 0 aromatic rings. The number of aliphatic hydroxyl groups is 7. The van der Waals surface area contributed by atoms with Crippen LogP contribution in [0.15, 0.2) is 0 Å². The third-order valence-electron chi connectivity index (χ3n) is 4.76. The van der Waals surface area contributed by atoms with Crippen LogP contribution in [0.5, 0.6) is 0 Å². The van der Waals surface area contributed by atoms with Crippen molar-refractivity contribution in [1.29, 1.82) is 0 Å². The topological polar surface area (TPSA) is 169 Å². The van der Waals surface area contributed by atoms with Crippen molar-refractivity contribution in [3.05, 3.63) is 0 Å². The van der Waals surface area contributed by atoms with Crippen LogP contribution >= 0.6 is 0 Å². The Hall–Kier alpha value is -0.400. The normalized spacial score (nSPS) is 50.0. The van der Waals surface area contributed by atoms with Crippen molar-refractivity contribution in [2.24, 2.45) is 5.92 Å². The summed E-state index contributed by atoms with van der Waals surface area (Å²) in [4.78, 5) is 0. The monoisotopic (exact) mass is 354 g/mol. The Morgan fingerprint density at radius 1 is 0.708 bits per heavy atom. The van der Waals surface area contributed by atoms with Gasteiger partial charge in [0.05, 0.1) is 31.5 Å². The third-order valence-corrected chi connectivity index (χ3v) is 4.76. The molecule has 2 saturated heterocycles. The number of hydrogen-bond acceptors (Lipinski definition) is 10. The second-order valence-electron chi connectivity index (χ2n) is 6.21. The maximum atomic E-state index is 10.3. The van der Waals surface area contributed by atoms with E-state index in [4.69, 9.17) is 14.2 Å². The van der Waals surface area contributed by atoms with Crippen LogP contribution in [0, 0.1) is 5.92 Å². The molecule has 0 bridgehead atoms. The van der Waals surface area contributed by atoms with E-state index in [0.29, 0.717) is 0 Å². The first-order chi connectivity index (χ1) is 11.3. The van der Waals surface area contributed by atoms with E-state index in [-0.39, 0.29) is 6.42 Å². The van der Waals surface area contributed by atoms with Gasteiger partial charge in [-0.15, -0.1) is 0 Å². The second kappa shape index (κ2) is 8.32. The molecule has 10 atom stereocenters. The highest BCUT2D eigenvalue weighted by Crippen LogP contribution is 2.33. The Kier molecular flexibility index (Phi) is 6.90. The number of rotatable bonds is 5. The summed E-state index contributed by atoms with van der Waals surface area (Å²) < 4.78 is 15.7. The van der Waals surface area contributed by atoms with Gasteiger partial charge in [0.25, 0.3) is 0 Å². The van der Waals surface area contributed by atoms with E-state index in [1.54, 1.807) is 0 Å². The molecule has 10 heteroatoms. The molecule has 24 heavy (non-hydrogen) atoms. The zero-order valence-corrected chi connectivity index (χ0v) is 13.3. The van der Waals surface area contributed by atoms with Crippen LogP contribution in [0.4, 0.5) is 0 Å². The highest BCUT2D eigenvalue weighted by molar-refractivity contribution is 4.96. The molecule has 2 heterocycles. The second-order valence-corrected chi connectivity index (χ2v) is 6.21. The molecular weight excluding hydrogens is 328 g/mol. The molecule has 2 fully saturated rings. The Morgan fingerprint density at radius 3 is 1.83 bits per heavy atom. The van der Waals surface area contributed by atoms with Gasteiger partial charge in [-0.25, -0.2) is 0 Å². The molecule has 142 valence electrons. The fourth-order valence-electron chi connectivity index (χ4n) is 3.29. The molecule has 0 aromatic carbocycles. The first-order valence-electron chi connectivity index (χ1n) is 7.81. The van der Waals surface area contributed by atoms with Crippen molar-refractivity contribution < 1.29 is 50.0 Å². The molecule has 2 aliphatic rings. The van der Waals surface area contributed by atoms with Crippen LogP contribution in [0.1, 0.15) is 6.42 Å². The number of aliphatic hydroxyl groups excluding tert-OH is 7. The zero-order chi connectivity index (χ0) is 18.0. The number of methoxy groups -OCH3 is 1. The Balaban J connectivity index is 2.12. The van der Waals surface area contributed by atoms with Crippen molar-refractivity contribution >= 4 is 0 Å².